The van der Waals surface area contributed by atoms with E-state index in [0.717, 1.165) is 4.88 Å². The Morgan fingerprint density at radius 3 is 2.59 bits per heavy atom. The maximum Gasteiger partial charge on any atom is 0.269 e. The van der Waals surface area contributed by atoms with Gasteiger partial charge in [-0.1, -0.05) is 6.07 Å². The first-order valence-corrected chi connectivity index (χ1v) is 10.4. The van der Waals surface area contributed by atoms with E-state index >= 15 is 0 Å². The molecular formula is C21H19N5O5S. The van der Waals surface area contributed by atoms with Crippen molar-refractivity contribution in [1.29, 1.82) is 0 Å². The Morgan fingerprint density at radius 2 is 1.97 bits per heavy atom. The molecule has 10 nitrogen and oxygen atoms in total. The van der Waals surface area contributed by atoms with Crippen molar-refractivity contribution >= 4 is 39.0 Å². The summed E-state index contributed by atoms with van der Waals surface area (Å²) in [6, 6.07) is 12.9. The number of thiophene rings is 1. The molecule has 11 heteroatoms. The van der Waals surface area contributed by atoms with E-state index in [2.05, 4.69) is 15.3 Å². The van der Waals surface area contributed by atoms with Gasteiger partial charge in [0, 0.05) is 12.1 Å². The first kappa shape index (κ1) is 21.4. The number of amides is 1. The number of nitro groups is 1. The average molecular weight is 453 g/mol. The number of nitrogens with one attached hydrogen (secondary N) is 2. The number of nitrogen functional groups attached to an aromatic ring is 1. The van der Waals surface area contributed by atoms with Crippen molar-refractivity contribution in [3.05, 3.63) is 75.8 Å². The Kier molecular flexibility index (Phi) is 5.86. The molecule has 4 rings (SSSR count). The Bertz CT molecular complexity index is 1280. The normalized spacial score (nSPS) is 13.1. The number of aromatic nitrogens is 2. The SMILES string of the molecule is Nc1ccc(-c2nc3c(C(=O)NC(CO)C(O)c4ccc([N+](=O)[O-])cc4)cccc3[nH]2)s1. The number of imidazole rings is 1. The van der Waals surface area contributed by atoms with Crippen molar-refractivity contribution in [3.8, 4) is 10.7 Å². The summed E-state index contributed by atoms with van der Waals surface area (Å²) in [5.41, 5.74) is 7.34. The number of fused-ring (bicyclic) bond motifs is 1. The van der Waals surface area contributed by atoms with Gasteiger partial charge in [-0.15, -0.1) is 11.3 Å². The number of aliphatic hydroxyl groups excluding tert-OH is 2. The first-order chi connectivity index (χ1) is 15.4. The highest BCUT2D eigenvalue weighted by atomic mass is 32.1. The lowest BCUT2D eigenvalue weighted by atomic mass is 10.0. The predicted octanol–water partition coefficient (Wildman–Crippen LogP) is 2.61. The van der Waals surface area contributed by atoms with Crippen LogP contribution in [0.25, 0.3) is 21.7 Å². The molecule has 32 heavy (non-hydrogen) atoms. The maximum atomic E-state index is 13.0. The third kappa shape index (κ3) is 4.17. The number of nitrogens with two attached hydrogens (primary N) is 1. The van der Waals surface area contributed by atoms with Crippen LogP contribution in [0.1, 0.15) is 22.0 Å². The molecule has 0 spiro atoms. The van der Waals surface area contributed by atoms with Crippen molar-refractivity contribution in [2.75, 3.05) is 12.3 Å². The number of nitro benzene ring substituents is 1. The third-order valence-electron chi connectivity index (χ3n) is 4.96. The minimum atomic E-state index is -1.27. The predicted molar refractivity (Wildman–Crippen MR) is 120 cm³/mol. The zero-order chi connectivity index (χ0) is 22.8. The van der Waals surface area contributed by atoms with Gasteiger partial charge in [0.05, 0.1) is 38.5 Å². The molecule has 2 atom stereocenters. The summed E-state index contributed by atoms with van der Waals surface area (Å²) < 4.78 is 0. The molecule has 0 fully saturated rings. The van der Waals surface area contributed by atoms with Gasteiger partial charge in [0.2, 0.25) is 0 Å². The molecule has 0 aliphatic carbocycles. The number of benzene rings is 2. The number of hydrogen-bond donors (Lipinski definition) is 5. The molecule has 0 saturated carbocycles. The topological polar surface area (TPSA) is 167 Å². The quantitative estimate of drug-likeness (QED) is 0.212. The van der Waals surface area contributed by atoms with Gasteiger partial charge >= 0.3 is 0 Å². The minimum absolute atomic E-state index is 0.126. The highest BCUT2D eigenvalue weighted by Gasteiger charge is 2.25. The standard InChI is InChI=1S/C21H19N5O5S/c22-17-9-8-16(32-17)20-23-14-3-1-2-13(18(14)25-20)21(29)24-15(10-27)19(28)11-4-6-12(7-5-11)26(30)31/h1-9,15,19,27-28H,10,22H2,(H,23,25)(H,24,29). The van der Waals surface area contributed by atoms with Gasteiger partial charge in [-0.25, -0.2) is 4.98 Å². The summed E-state index contributed by atoms with van der Waals surface area (Å²) in [5, 5.41) is 34.4. The number of nitrogens with zero attached hydrogens (tertiary/aromatic N) is 2. The number of carbonyl (C=O) groups is 1. The summed E-state index contributed by atoms with van der Waals surface area (Å²) in [5.74, 6) is 0.0472. The number of hydrogen-bond acceptors (Lipinski definition) is 8. The monoisotopic (exact) mass is 453 g/mol. The van der Waals surface area contributed by atoms with Crippen LogP contribution >= 0.6 is 11.3 Å². The fraction of sp³-hybridized carbons (Fsp3) is 0.143. The van der Waals surface area contributed by atoms with E-state index in [0.29, 0.717) is 27.4 Å². The second-order valence-electron chi connectivity index (χ2n) is 7.05. The van der Waals surface area contributed by atoms with Crippen LogP contribution in [0.4, 0.5) is 10.7 Å². The Labute approximate surface area is 185 Å². The van der Waals surface area contributed by atoms with E-state index in [9.17, 15) is 25.1 Å². The van der Waals surface area contributed by atoms with Crippen LogP contribution in [0.2, 0.25) is 0 Å². The van der Waals surface area contributed by atoms with Crippen LogP contribution in [0, 0.1) is 10.1 Å². The molecule has 0 radical (unpaired) electrons. The van der Waals surface area contributed by atoms with Crippen molar-refractivity contribution in [1.82, 2.24) is 15.3 Å². The molecule has 2 heterocycles. The van der Waals surface area contributed by atoms with Gasteiger partial charge in [0.15, 0.2) is 0 Å². The van der Waals surface area contributed by atoms with E-state index < -0.39 is 29.6 Å². The molecule has 164 valence electrons. The molecule has 0 saturated heterocycles. The Balaban J connectivity index is 1.57. The lowest BCUT2D eigenvalue weighted by molar-refractivity contribution is -0.384. The molecule has 1 amide bonds. The molecule has 0 aliphatic heterocycles. The van der Waals surface area contributed by atoms with Crippen LogP contribution in [-0.4, -0.2) is 43.7 Å². The zero-order valence-corrected chi connectivity index (χ0v) is 17.4. The fourth-order valence-electron chi connectivity index (χ4n) is 3.31. The van der Waals surface area contributed by atoms with Gasteiger partial charge < -0.3 is 26.2 Å². The number of para-hydroxylation sites is 1. The van der Waals surface area contributed by atoms with Gasteiger partial charge in [0.1, 0.15) is 17.4 Å². The molecule has 2 aromatic heterocycles. The zero-order valence-electron chi connectivity index (χ0n) is 16.6. The van der Waals surface area contributed by atoms with E-state index in [4.69, 9.17) is 5.73 Å². The van der Waals surface area contributed by atoms with Gasteiger partial charge in [-0.2, -0.15) is 0 Å². The lowest BCUT2D eigenvalue weighted by Gasteiger charge is -2.22. The van der Waals surface area contributed by atoms with Crippen molar-refractivity contribution in [3.63, 3.8) is 0 Å². The van der Waals surface area contributed by atoms with Crippen LogP contribution in [0.15, 0.2) is 54.6 Å². The largest absolute Gasteiger partial charge is 0.394 e. The van der Waals surface area contributed by atoms with Crippen LogP contribution in [0.3, 0.4) is 0 Å². The van der Waals surface area contributed by atoms with E-state index in [1.165, 1.54) is 35.6 Å². The number of aliphatic hydroxyl groups is 2. The minimum Gasteiger partial charge on any atom is -0.394 e. The lowest BCUT2D eigenvalue weighted by Crippen LogP contribution is -2.42. The smallest absolute Gasteiger partial charge is 0.269 e. The number of rotatable bonds is 7. The second-order valence-corrected chi connectivity index (χ2v) is 8.16. The number of carbonyl (C=O) groups excluding carboxylic acids is 1. The molecule has 6 N–H and O–H groups in total. The van der Waals surface area contributed by atoms with Crippen LogP contribution in [0.5, 0.6) is 0 Å². The number of anilines is 1. The summed E-state index contributed by atoms with van der Waals surface area (Å²) in [4.78, 5) is 31.7. The van der Waals surface area contributed by atoms with Crippen molar-refractivity contribution < 1.29 is 19.9 Å². The molecule has 4 aromatic rings. The van der Waals surface area contributed by atoms with E-state index in [-0.39, 0.29) is 11.3 Å². The fourth-order valence-corrected chi connectivity index (χ4v) is 4.03. The Hall–Kier alpha value is -3.80. The van der Waals surface area contributed by atoms with Gasteiger partial charge in [-0.3, -0.25) is 14.9 Å². The van der Waals surface area contributed by atoms with Crippen LogP contribution < -0.4 is 11.1 Å². The van der Waals surface area contributed by atoms with Gasteiger partial charge in [-0.05, 0) is 42.0 Å². The third-order valence-corrected chi connectivity index (χ3v) is 5.88. The van der Waals surface area contributed by atoms with Crippen molar-refractivity contribution in [2.45, 2.75) is 12.1 Å². The maximum absolute atomic E-state index is 13.0. The van der Waals surface area contributed by atoms with Crippen LogP contribution in [-0.2, 0) is 0 Å². The highest BCUT2D eigenvalue weighted by Crippen LogP contribution is 2.30. The average Bonchev–Trinajstić information content (AvgIpc) is 3.42. The van der Waals surface area contributed by atoms with Gasteiger partial charge in [0.25, 0.3) is 11.6 Å². The molecule has 2 unspecified atom stereocenters. The molecule has 0 bridgehead atoms. The summed E-state index contributed by atoms with van der Waals surface area (Å²) in [7, 11) is 0. The molecule has 2 aromatic carbocycles. The molecule has 0 aliphatic rings. The summed E-state index contributed by atoms with van der Waals surface area (Å²) >= 11 is 1.36. The number of non-ortho nitro benzene ring substituents is 1. The number of H-pyrrole nitrogens is 1. The highest BCUT2D eigenvalue weighted by molar-refractivity contribution is 7.19. The van der Waals surface area contributed by atoms with Crippen molar-refractivity contribution in [2.24, 2.45) is 0 Å². The first-order valence-electron chi connectivity index (χ1n) is 9.56. The summed E-state index contributed by atoms with van der Waals surface area (Å²) in [6.07, 6.45) is -1.27. The Morgan fingerprint density at radius 1 is 1.22 bits per heavy atom. The second kappa shape index (κ2) is 8.75. The van der Waals surface area contributed by atoms with E-state index in [1.807, 2.05) is 6.07 Å². The van der Waals surface area contributed by atoms with E-state index in [1.54, 1.807) is 24.3 Å². The summed E-state index contributed by atoms with van der Waals surface area (Å²) in [6.45, 7) is -0.542. The molecular weight excluding hydrogens is 434 g/mol. The number of aromatic amines is 1.